The first-order valence-electron chi connectivity index (χ1n) is 11.6. The molecule has 0 aromatic heterocycles. The molecular weight excluding hydrogens is 426 g/mol. The normalized spacial score (nSPS) is 17.0. The number of hydrogen-bond donors (Lipinski definition) is 2. The maximum Gasteiger partial charge on any atom is 0.238 e. The van der Waals surface area contributed by atoms with E-state index in [1.165, 1.54) is 5.56 Å². The van der Waals surface area contributed by atoms with Gasteiger partial charge in [-0.3, -0.25) is 19.3 Å². The van der Waals surface area contributed by atoms with Gasteiger partial charge < -0.3 is 10.6 Å². The first-order chi connectivity index (χ1) is 16.5. The molecule has 2 aliphatic rings. The summed E-state index contributed by atoms with van der Waals surface area (Å²) in [5.74, 6) is -0.0673. The van der Waals surface area contributed by atoms with Crippen molar-refractivity contribution < 1.29 is 14.4 Å². The molecule has 3 aromatic rings. The van der Waals surface area contributed by atoms with Gasteiger partial charge in [0.1, 0.15) is 0 Å². The third kappa shape index (κ3) is 4.50. The second kappa shape index (κ2) is 9.23. The van der Waals surface area contributed by atoms with Crippen LogP contribution in [0.2, 0.25) is 0 Å². The van der Waals surface area contributed by atoms with Crippen molar-refractivity contribution in [1.29, 1.82) is 0 Å². The van der Waals surface area contributed by atoms with Crippen LogP contribution in [0.25, 0.3) is 0 Å². The molecule has 2 N–H and O–H groups in total. The van der Waals surface area contributed by atoms with Gasteiger partial charge in [-0.05, 0) is 48.2 Å². The summed E-state index contributed by atoms with van der Waals surface area (Å²) in [7, 11) is 0. The number of rotatable bonds is 5. The Hall–Kier alpha value is -3.77. The zero-order valence-electron chi connectivity index (χ0n) is 18.9. The monoisotopic (exact) mass is 453 g/mol. The zero-order chi connectivity index (χ0) is 23.5. The smallest absolute Gasteiger partial charge is 0.238 e. The fourth-order valence-corrected chi connectivity index (χ4v) is 5.04. The molecule has 3 aromatic carbocycles. The number of hydrogen-bond acceptors (Lipinski definition) is 4. The zero-order valence-corrected chi connectivity index (χ0v) is 18.9. The van der Waals surface area contributed by atoms with Gasteiger partial charge in [-0.2, -0.15) is 0 Å². The van der Waals surface area contributed by atoms with Crippen molar-refractivity contribution in [2.45, 2.75) is 24.8 Å². The molecule has 0 saturated carbocycles. The molecular formula is C28H27N3O3. The van der Waals surface area contributed by atoms with Crippen molar-refractivity contribution in [3.8, 4) is 0 Å². The second-order valence-corrected chi connectivity index (χ2v) is 9.06. The van der Waals surface area contributed by atoms with Crippen LogP contribution in [-0.2, 0) is 21.5 Å². The number of carbonyl (C=O) groups is 3. The summed E-state index contributed by atoms with van der Waals surface area (Å²) >= 11 is 0. The van der Waals surface area contributed by atoms with Gasteiger partial charge >= 0.3 is 0 Å². The molecule has 172 valence electrons. The van der Waals surface area contributed by atoms with Gasteiger partial charge in [0.05, 0.1) is 18.5 Å². The van der Waals surface area contributed by atoms with Crippen LogP contribution >= 0.6 is 0 Å². The van der Waals surface area contributed by atoms with E-state index in [-0.39, 0.29) is 29.7 Å². The lowest BCUT2D eigenvalue weighted by Gasteiger charge is -2.45. The number of anilines is 1. The molecule has 5 rings (SSSR count). The molecule has 6 nitrogen and oxygen atoms in total. The predicted octanol–water partition coefficient (Wildman–Crippen LogP) is 3.52. The lowest BCUT2D eigenvalue weighted by molar-refractivity contribution is -0.125. The molecule has 6 heteroatoms. The maximum absolute atomic E-state index is 12.6. The highest BCUT2D eigenvalue weighted by atomic mass is 16.2. The second-order valence-electron chi connectivity index (χ2n) is 9.06. The summed E-state index contributed by atoms with van der Waals surface area (Å²) in [4.78, 5) is 39.6. The molecule has 34 heavy (non-hydrogen) atoms. The highest BCUT2D eigenvalue weighted by Crippen LogP contribution is 2.37. The average molecular weight is 454 g/mol. The summed E-state index contributed by atoms with van der Waals surface area (Å²) in [5.41, 5.74) is 3.87. The maximum atomic E-state index is 12.6. The third-order valence-corrected chi connectivity index (χ3v) is 6.81. The average Bonchev–Trinajstić information content (AvgIpc) is 2.86. The lowest BCUT2D eigenvalue weighted by atomic mass is 9.75. The molecule has 2 aliphatic heterocycles. The Bertz CT molecular complexity index is 1210. The Balaban J connectivity index is 1.17. The van der Waals surface area contributed by atoms with Crippen LogP contribution < -0.4 is 10.6 Å². The first-order valence-corrected chi connectivity index (χ1v) is 11.6. The van der Waals surface area contributed by atoms with E-state index in [1.807, 2.05) is 36.4 Å². The molecule has 0 aliphatic carbocycles. The summed E-state index contributed by atoms with van der Waals surface area (Å²) in [6.45, 7) is 1.75. The van der Waals surface area contributed by atoms with E-state index in [9.17, 15) is 14.4 Å². The molecule has 0 unspecified atom stereocenters. The van der Waals surface area contributed by atoms with E-state index >= 15 is 0 Å². The summed E-state index contributed by atoms with van der Waals surface area (Å²) in [5, 5.41) is 6.16. The standard InChI is InChI=1S/C28H27N3O3/c32-25-18-22-8-4-5-9-24(22)28(30-25)14-16-31(17-15-28)19-26(33)29-23-12-10-21(11-13-23)27(34)20-6-2-1-3-7-20/h1-13H,14-19H2,(H,29,33)(H,30,32). The Morgan fingerprint density at radius 3 is 2.24 bits per heavy atom. The number of likely N-dealkylation sites (tertiary alicyclic amines) is 1. The van der Waals surface area contributed by atoms with Crippen LogP contribution in [0, 0.1) is 0 Å². The number of fused-ring (bicyclic) bond motifs is 2. The summed E-state index contributed by atoms with van der Waals surface area (Å²) in [6, 6.07) is 24.3. The molecule has 1 fully saturated rings. The van der Waals surface area contributed by atoms with E-state index in [0.29, 0.717) is 23.2 Å². The molecule has 1 spiro atoms. The molecule has 2 amide bonds. The van der Waals surface area contributed by atoms with Gasteiger partial charge in [-0.25, -0.2) is 0 Å². The number of benzene rings is 3. The Kier molecular flexibility index (Phi) is 5.99. The fraction of sp³-hybridized carbons (Fsp3) is 0.250. The lowest BCUT2D eigenvalue weighted by Crippen LogP contribution is -2.56. The van der Waals surface area contributed by atoms with Gasteiger partial charge in [0.25, 0.3) is 0 Å². The van der Waals surface area contributed by atoms with Gasteiger partial charge in [0, 0.05) is 29.9 Å². The van der Waals surface area contributed by atoms with E-state index < -0.39 is 0 Å². The number of piperidine rings is 1. The first kappa shape index (κ1) is 22.0. The van der Waals surface area contributed by atoms with Crippen molar-refractivity contribution in [2.75, 3.05) is 25.0 Å². The number of ketones is 1. The molecule has 0 radical (unpaired) electrons. The van der Waals surface area contributed by atoms with Gasteiger partial charge in [-0.1, -0.05) is 54.6 Å². The Morgan fingerprint density at radius 1 is 0.853 bits per heavy atom. The fourth-order valence-electron chi connectivity index (χ4n) is 5.04. The van der Waals surface area contributed by atoms with E-state index in [1.54, 1.807) is 36.4 Å². The minimum atomic E-state index is -0.333. The topological polar surface area (TPSA) is 78.5 Å². The van der Waals surface area contributed by atoms with Crippen LogP contribution in [0.4, 0.5) is 5.69 Å². The minimum absolute atomic E-state index is 0.0444. The van der Waals surface area contributed by atoms with Gasteiger partial charge in [0.2, 0.25) is 11.8 Å². The van der Waals surface area contributed by atoms with Crippen LogP contribution in [0.15, 0.2) is 78.9 Å². The highest BCUT2D eigenvalue weighted by molar-refractivity contribution is 6.09. The van der Waals surface area contributed by atoms with E-state index in [4.69, 9.17) is 0 Å². The number of nitrogens with one attached hydrogen (secondary N) is 2. The van der Waals surface area contributed by atoms with Crippen molar-refractivity contribution in [3.63, 3.8) is 0 Å². The van der Waals surface area contributed by atoms with Crippen LogP contribution in [0.1, 0.15) is 39.9 Å². The quantitative estimate of drug-likeness (QED) is 0.580. The van der Waals surface area contributed by atoms with Crippen molar-refractivity contribution in [1.82, 2.24) is 10.2 Å². The molecule has 1 saturated heterocycles. The molecule has 2 heterocycles. The van der Waals surface area contributed by atoms with Crippen molar-refractivity contribution in [2.24, 2.45) is 0 Å². The number of amides is 2. The highest BCUT2D eigenvalue weighted by Gasteiger charge is 2.41. The summed E-state index contributed by atoms with van der Waals surface area (Å²) < 4.78 is 0. The van der Waals surface area contributed by atoms with Gasteiger partial charge in [-0.15, -0.1) is 0 Å². The Morgan fingerprint density at radius 2 is 1.50 bits per heavy atom. The largest absolute Gasteiger partial charge is 0.346 e. The SMILES string of the molecule is O=C(CN1CCC2(CC1)NC(=O)Cc1ccccc12)Nc1ccc(C(=O)c2ccccc2)cc1. The van der Waals surface area contributed by atoms with Crippen LogP contribution in [-0.4, -0.2) is 42.1 Å². The van der Waals surface area contributed by atoms with Crippen LogP contribution in [0.5, 0.6) is 0 Å². The minimum Gasteiger partial charge on any atom is -0.346 e. The van der Waals surface area contributed by atoms with Crippen LogP contribution in [0.3, 0.4) is 0 Å². The summed E-state index contributed by atoms with van der Waals surface area (Å²) in [6.07, 6.45) is 1.98. The number of carbonyl (C=O) groups excluding carboxylic acids is 3. The van der Waals surface area contributed by atoms with E-state index in [2.05, 4.69) is 21.6 Å². The Labute approximate surface area is 199 Å². The van der Waals surface area contributed by atoms with Gasteiger partial charge in [0.15, 0.2) is 5.78 Å². The van der Waals surface area contributed by atoms with Crippen molar-refractivity contribution in [3.05, 3.63) is 101 Å². The van der Waals surface area contributed by atoms with E-state index in [0.717, 1.165) is 31.5 Å². The van der Waals surface area contributed by atoms with Crippen molar-refractivity contribution >= 4 is 23.3 Å². The molecule has 0 atom stereocenters. The number of nitrogens with zero attached hydrogens (tertiary/aromatic N) is 1. The molecule has 0 bridgehead atoms. The predicted molar refractivity (Wildman–Crippen MR) is 131 cm³/mol. The third-order valence-electron chi connectivity index (χ3n) is 6.81.